The van der Waals surface area contributed by atoms with Gasteiger partial charge in [0.05, 0.1) is 17.1 Å². The molecule has 2 aromatic rings. The Morgan fingerprint density at radius 2 is 1.96 bits per heavy atom. The van der Waals surface area contributed by atoms with Crippen LogP contribution >= 0.6 is 11.6 Å². The van der Waals surface area contributed by atoms with Gasteiger partial charge in [0.1, 0.15) is 0 Å². The molecular formula is C20H22ClNO4S. The Morgan fingerprint density at radius 1 is 1.26 bits per heavy atom. The fourth-order valence-corrected chi connectivity index (χ4v) is 4.84. The smallest absolute Gasteiger partial charge is 0.338 e. The monoisotopic (exact) mass is 407 g/mol. The van der Waals surface area contributed by atoms with Crippen molar-refractivity contribution in [2.45, 2.75) is 44.0 Å². The molecule has 0 spiro atoms. The molecule has 1 aliphatic rings. The second kappa shape index (κ2) is 8.00. The third kappa shape index (κ3) is 4.51. The summed E-state index contributed by atoms with van der Waals surface area (Å²) in [6.07, 6.45) is 1.78. The van der Waals surface area contributed by atoms with Crippen molar-refractivity contribution in [3.63, 3.8) is 0 Å². The molecule has 5 nitrogen and oxygen atoms in total. The van der Waals surface area contributed by atoms with Crippen molar-refractivity contribution in [3.8, 4) is 0 Å². The number of nitrogens with one attached hydrogen (secondary N) is 1. The zero-order valence-electron chi connectivity index (χ0n) is 15.3. The molecule has 2 aromatic carbocycles. The van der Waals surface area contributed by atoms with E-state index in [1.165, 1.54) is 12.1 Å². The predicted octanol–water partition coefficient (Wildman–Crippen LogP) is 3.66. The highest BCUT2D eigenvalue weighted by atomic mass is 35.5. The molecule has 0 radical (unpaired) electrons. The van der Waals surface area contributed by atoms with Gasteiger partial charge in [0.15, 0.2) is 0 Å². The van der Waals surface area contributed by atoms with E-state index in [0.717, 1.165) is 16.7 Å². The van der Waals surface area contributed by atoms with Crippen LogP contribution in [0.15, 0.2) is 41.3 Å². The average Bonchev–Trinajstić information content (AvgIpc) is 2.61. The van der Waals surface area contributed by atoms with Gasteiger partial charge < -0.3 is 4.74 Å². The van der Waals surface area contributed by atoms with Gasteiger partial charge in [-0.2, -0.15) is 0 Å². The second-order valence-electron chi connectivity index (χ2n) is 6.69. The van der Waals surface area contributed by atoms with E-state index in [1.807, 2.05) is 19.1 Å². The molecule has 144 valence electrons. The number of carbonyl (C=O) groups is 1. The molecule has 0 aliphatic heterocycles. The summed E-state index contributed by atoms with van der Waals surface area (Å²) in [6.45, 7) is 4.03. The highest BCUT2D eigenvalue weighted by Gasteiger charge is 2.27. The number of benzene rings is 2. The zero-order valence-corrected chi connectivity index (χ0v) is 16.9. The first-order valence-electron chi connectivity index (χ1n) is 8.87. The van der Waals surface area contributed by atoms with Crippen molar-refractivity contribution >= 4 is 27.6 Å². The Balaban J connectivity index is 1.82. The summed E-state index contributed by atoms with van der Waals surface area (Å²) in [4.78, 5) is 12.4. The van der Waals surface area contributed by atoms with E-state index in [-0.39, 0.29) is 16.9 Å². The highest BCUT2D eigenvalue weighted by molar-refractivity contribution is 7.89. The summed E-state index contributed by atoms with van der Waals surface area (Å²) >= 11 is 5.83. The lowest BCUT2D eigenvalue weighted by Crippen LogP contribution is -2.39. The normalized spacial score (nSPS) is 16.6. The Labute approximate surface area is 164 Å². The van der Waals surface area contributed by atoms with Gasteiger partial charge in [-0.25, -0.2) is 17.9 Å². The lowest BCUT2D eigenvalue weighted by Gasteiger charge is -2.27. The van der Waals surface area contributed by atoms with Gasteiger partial charge in [0.25, 0.3) is 0 Å². The van der Waals surface area contributed by atoms with E-state index in [9.17, 15) is 13.2 Å². The third-order valence-corrected chi connectivity index (χ3v) is 6.43. The summed E-state index contributed by atoms with van der Waals surface area (Å²) in [6, 6.07) is 9.72. The van der Waals surface area contributed by atoms with E-state index >= 15 is 0 Å². The number of carbonyl (C=O) groups excluding carboxylic acids is 1. The number of rotatable bonds is 5. The fourth-order valence-electron chi connectivity index (χ4n) is 3.45. The first-order valence-corrected chi connectivity index (χ1v) is 10.7. The molecule has 27 heavy (non-hydrogen) atoms. The molecule has 0 fully saturated rings. The summed E-state index contributed by atoms with van der Waals surface area (Å²) < 4.78 is 33.2. The SMILES string of the molecule is CCOC(=O)c1cc(C)cc2c1CCC(NS(=O)(=O)c1ccc(Cl)cc1)C2. The maximum Gasteiger partial charge on any atom is 0.338 e. The van der Waals surface area contributed by atoms with Crippen molar-refractivity contribution in [1.29, 1.82) is 0 Å². The van der Waals surface area contributed by atoms with Crippen molar-refractivity contribution in [2.24, 2.45) is 0 Å². The summed E-state index contributed by atoms with van der Waals surface area (Å²) in [5.41, 5.74) is 3.50. The number of esters is 1. The molecule has 0 heterocycles. The zero-order chi connectivity index (χ0) is 19.6. The van der Waals surface area contributed by atoms with Gasteiger partial charge in [0, 0.05) is 11.1 Å². The number of ether oxygens (including phenoxy) is 1. The van der Waals surface area contributed by atoms with Crippen molar-refractivity contribution in [3.05, 3.63) is 63.7 Å². The predicted molar refractivity (Wildman–Crippen MR) is 105 cm³/mol. The number of halogens is 1. The molecule has 1 unspecified atom stereocenters. The molecular weight excluding hydrogens is 386 g/mol. The summed E-state index contributed by atoms with van der Waals surface area (Å²) in [7, 11) is -3.62. The van der Waals surface area contributed by atoms with Crippen LogP contribution < -0.4 is 4.72 Å². The van der Waals surface area contributed by atoms with E-state index in [2.05, 4.69) is 4.72 Å². The van der Waals surface area contributed by atoms with Crippen LogP contribution in [0.25, 0.3) is 0 Å². The Morgan fingerprint density at radius 3 is 2.63 bits per heavy atom. The molecule has 7 heteroatoms. The minimum atomic E-state index is -3.62. The van der Waals surface area contributed by atoms with E-state index in [1.54, 1.807) is 19.1 Å². The van der Waals surface area contributed by atoms with Gasteiger partial charge >= 0.3 is 5.97 Å². The minimum Gasteiger partial charge on any atom is -0.462 e. The molecule has 1 N–H and O–H groups in total. The Bertz CT molecular complexity index is 955. The molecule has 0 bridgehead atoms. The van der Waals surface area contributed by atoms with E-state index in [0.29, 0.717) is 36.5 Å². The van der Waals surface area contributed by atoms with Crippen LogP contribution in [-0.4, -0.2) is 27.0 Å². The molecule has 0 aromatic heterocycles. The highest BCUT2D eigenvalue weighted by Crippen LogP contribution is 2.28. The van der Waals surface area contributed by atoms with Crippen LogP contribution in [-0.2, 0) is 27.6 Å². The van der Waals surface area contributed by atoms with Crippen LogP contribution in [0.4, 0.5) is 0 Å². The average molecular weight is 408 g/mol. The van der Waals surface area contributed by atoms with Gasteiger partial charge in [-0.3, -0.25) is 0 Å². The fraction of sp³-hybridized carbons (Fsp3) is 0.350. The van der Waals surface area contributed by atoms with Gasteiger partial charge in [-0.15, -0.1) is 0 Å². The van der Waals surface area contributed by atoms with Crippen LogP contribution in [0.2, 0.25) is 5.02 Å². The summed E-state index contributed by atoms with van der Waals surface area (Å²) in [5, 5.41) is 0.488. The lowest BCUT2D eigenvalue weighted by molar-refractivity contribution is 0.0524. The van der Waals surface area contributed by atoms with Gasteiger partial charge in [-0.05, 0) is 80.1 Å². The molecule has 1 atom stereocenters. The molecule has 0 amide bonds. The maximum absolute atomic E-state index is 12.6. The van der Waals surface area contributed by atoms with Crippen LogP contribution in [0.5, 0.6) is 0 Å². The Hall–Kier alpha value is -1.89. The van der Waals surface area contributed by atoms with Crippen molar-refractivity contribution < 1.29 is 17.9 Å². The molecule has 3 rings (SSSR count). The first-order chi connectivity index (χ1) is 12.8. The number of fused-ring (bicyclic) bond motifs is 1. The van der Waals surface area contributed by atoms with Gasteiger partial charge in [0.2, 0.25) is 10.0 Å². The number of hydrogen-bond donors (Lipinski definition) is 1. The van der Waals surface area contributed by atoms with Crippen molar-refractivity contribution in [1.82, 2.24) is 4.72 Å². The number of hydrogen-bond acceptors (Lipinski definition) is 4. The van der Waals surface area contributed by atoms with Crippen LogP contribution in [0.3, 0.4) is 0 Å². The van der Waals surface area contributed by atoms with E-state index in [4.69, 9.17) is 16.3 Å². The largest absolute Gasteiger partial charge is 0.462 e. The Kier molecular flexibility index (Phi) is 5.89. The second-order valence-corrected chi connectivity index (χ2v) is 8.84. The quantitative estimate of drug-likeness (QED) is 0.767. The first kappa shape index (κ1) is 19.9. The third-order valence-electron chi connectivity index (χ3n) is 4.64. The van der Waals surface area contributed by atoms with E-state index < -0.39 is 10.0 Å². The minimum absolute atomic E-state index is 0.189. The summed E-state index contributed by atoms with van der Waals surface area (Å²) in [5.74, 6) is -0.322. The molecule has 0 saturated carbocycles. The molecule has 1 aliphatic carbocycles. The standard InChI is InChI=1S/C20H22ClNO4S/c1-3-26-20(23)19-11-13(2)10-14-12-16(6-9-18(14)19)22-27(24,25)17-7-4-15(21)5-8-17/h4-5,7-8,10-11,16,22H,3,6,9,12H2,1-2H3. The van der Waals surface area contributed by atoms with Gasteiger partial charge in [-0.1, -0.05) is 17.7 Å². The lowest BCUT2D eigenvalue weighted by atomic mass is 9.84. The maximum atomic E-state index is 12.6. The molecule has 0 saturated heterocycles. The van der Waals surface area contributed by atoms with Crippen LogP contribution in [0.1, 0.15) is 40.4 Å². The topological polar surface area (TPSA) is 72.5 Å². The van der Waals surface area contributed by atoms with Crippen molar-refractivity contribution in [2.75, 3.05) is 6.61 Å². The number of aryl methyl sites for hydroxylation is 1. The number of sulfonamides is 1. The van der Waals surface area contributed by atoms with Crippen LogP contribution in [0, 0.1) is 6.92 Å².